The topological polar surface area (TPSA) is 0 Å². The molecule has 0 radical (unpaired) electrons. The molecule has 54 valence electrons. The zero-order chi connectivity index (χ0) is 7.40. The molecule has 0 aromatic heterocycles. The number of hydrogen-bond acceptors (Lipinski definition) is 0. The Morgan fingerprint density at radius 3 is 2.90 bits per heavy atom. The quantitative estimate of drug-likeness (QED) is 0.672. The summed E-state index contributed by atoms with van der Waals surface area (Å²) in [5.41, 5.74) is 1.05. The van der Waals surface area contributed by atoms with Gasteiger partial charge in [-0.2, -0.15) is 0 Å². The Balaban J connectivity index is 2.75. The molecule has 1 unspecified atom stereocenters. The Hall–Kier alpha value is 0.0600. The molecule has 0 heterocycles. The molecule has 0 nitrogen and oxygen atoms in total. The summed E-state index contributed by atoms with van der Waals surface area (Å²) in [7, 11) is 0.677. The van der Waals surface area contributed by atoms with E-state index in [0.29, 0.717) is 7.28 Å². The van der Waals surface area contributed by atoms with Crippen LogP contribution in [0.1, 0.15) is 5.56 Å². The second-order valence-electron chi connectivity index (χ2n) is 1.94. The smallest absolute Gasteiger partial charge is 0.123 e. The van der Waals surface area contributed by atoms with E-state index in [2.05, 4.69) is 15.5 Å². The van der Waals surface area contributed by atoms with Gasteiger partial charge >= 0.3 is 0 Å². The van der Waals surface area contributed by atoms with Crippen molar-refractivity contribution in [3.63, 3.8) is 0 Å². The van der Waals surface area contributed by atoms with Crippen LogP contribution in [0.15, 0.2) is 24.3 Å². The van der Waals surface area contributed by atoms with Crippen LogP contribution in [0.25, 0.3) is 0 Å². The van der Waals surface area contributed by atoms with Crippen LogP contribution >= 0.6 is 22.8 Å². The first-order chi connectivity index (χ1) is 4.83. The summed E-state index contributed by atoms with van der Waals surface area (Å²) in [5, 5.41) is 0. The molecular formula is C7H7BrFP. The van der Waals surface area contributed by atoms with Crippen molar-refractivity contribution in [2.45, 2.75) is 6.16 Å². The van der Waals surface area contributed by atoms with Crippen LogP contribution in [0, 0.1) is 5.82 Å². The molecule has 0 aliphatic carbocycles. The lowest BCUT2D eigenvalue weighted by Crippen LogP contribution is -1.78. The van der Waals surface area contributed by atoms with E-state index in [0.717, 1.165) is 11.7 Å². The molecule has 0 aliphatic heterocycles. The van der Waals surface area contributed by atoms with Gasteiger partial charge in [0.05, 0.1) is 0 Å². The number of halogens is 2. The molecular weight excluding hydrogens is 214 g/mol. The molecule has 0 N–H and O–H groups in total. The molecule has 0 fully saturated rings. The number of rotatable bonds is 2. The highest BCUT2D eigenvalue weighted by Crippen LogP contribution is 2.25. The van der Waals surface area contributed by atoms with Gasteiger partial charge in [-0.15, -0.1) is 0 Å². The van der Waals surface area contributed by atoms with E-state index in [1.54, 1.807) is 12.1 Å². The lowest BCUT2D eigenvalue weighted by Gasteiger charge is -1.95. The van der Waals surface area contributed by atoms with Crippen molar-refractivity contribution in [1.29, 1.82) is 0 Å². The Labute approximate surface area is 69.4 Å². The highest BCUT2D eigenvalue weighted by atomic mass is 79.9. The standard InChI is InChI=1S/C7H7BrFP/c8-10-5-6-2-1-3-7(9)4-6/h1-4,10H,5H2. The molecule has 10 heavy (non-hydrogen) atoms. The highest BCUT2D eigenvalue weighted by Gasteiger charge is 1.92. The molecule has 1 rings (SSSR count). The number of hydrogen-bond donors (Lipinski definition) is 0. The molecule has 0 saturated heterocycles. The third kappa shape index (κ3) is 2.36. The van der Waals surface area contributed by atoms with Crippen LogP contribution in [0.4, 0.5) is 4.39 Å². The minimum absolute atomic E-state index is 0.150. The van der Waals surface area contributed by atoms with E-state index in [-0.39, 0.29) is 5.82 Å². The monoisotopic (exact) mass is 220 g/mol. The van der Waals surface area contributed by atoms with Crippen LogP contribution in [-0.2, 0) is 6.16 Å². The summed E-state index contributed by atoms with van der Waals surface area (Å²) in [4.78, 5) is 0. The summed E-state index contributed by atoms with van der Waals surface area (Å²) in [6.45, 7) is 0. The maximum Gasteiger partial charge on any atom is 0.123 e. The van der Waals surface area contributed by atoms with Crippen LogP contribution in [0.3, 0.4) is 0 Å². The first-order valence-electron chi connectivity index (χ1n) is 2.91. The van der Waals surface area contributed by atoms with Gasteiger partial charge in [-0.1, -0.05) is 27.6 Å². The molecule has 0 saturated carbocycles. The van der Waals surface area contributed by atoms with Crippen LogP contribution in [0.2, 0.25) is 0 Å². The number of benzene rings is 1. The summed E-state index contributed by atoms with van der Waals surface area (Å²) < 4.78 is 12.5. The molecule has 1 aromatic rings. The lowest BCUT2D eigenvalue weighted by molar-refractivity contribution is 0.626. The maximum atomic E-state index is 12.5. The van der Waals surface area contributed by atoms with Gasteiger partial charge in [0.2, 0.25) is 0 Å². The van der Waals surface area contributed by atoms with E-state index in [1.165, 1.54) is 6.07 Å². The molecule has 3 heteroatoms. The fourth-order valence-corrected chi connectivity index (χ4v) is 2.07. The van der Waals surface area contributed by atoms with Gasteiger partial charge in [-0.05, 0) is 31.1 Å². The summed E-state index contributed by atoms with van der Waals surface area (Å²) in [6.07, 6.45) is 0.914. The first kappa shape index (κ1) is 8.16. The van der Waals surface area contributed by atoms with Crippen LogP contribution < -0.4 is 0 Å². The van der Waals surface area contributed by atoms with Crippen molar-refractivity contribution in [3.8, 4) is 0 Å². The molecule has 0 spiro atoms. The maximum absolute atomic E-state index is 12.5. The second-order valence-corrected chi connectivity index (χ2v) is 4.24. The predicted octanol–water partition coefficient (Wildman–Crippen LogP) is 3.31. The Bertz CT molecular complexity index is 215. The van der Waals surface area contributed by atoms with Gasteiger partial charge in [0.25, 0.3) is 0 Å². The van der Waals surface area contributed by atoms with E-state index < -0.39 is 0 Å². The van der Waals surface area contributed by atoms with Crippen molar-refractivity contribution >= 4 is 22.8 Å². The second kappa shape index (κ2) is 4.05. The van der Waals surface area contributed by atoms with Crippen LogP contribution in [0.5, 0.6) is 0 Å². The highest BCUT2D eigenvalue weighted by molar-refractivity contribution is 9.36. The molecule has 0 amide bonds. The predicted molar refractivity (Wildman–Crippen MR) is 47.3 cm³/mol. The van der Waals surface area contributed by atoms with Gasteiger partial charge < -0.3 is 0 Å². The van der Waals surface area contributed by atoms with E-state index in [9.17, 15) is 4.39 Å². The van der Waals surface area contributed by atoms with Crippen LogP contribution in [-0.4, -0.2) is 0 Å². The van der Waals surface area contributed by atoms with Gasteiger partial charge in [-0.3, -0.25) is 0 Å². The van der Waals surface area contributed by atoms with Crippen molar-refractivity contribution in [2.75, 3.05) is 0 Å². The third-order valence-corrected chi connectivity index (χ3v) is 2.54. The fourth-order valence-electron chi connectivity index (χ4n) is 0.724. The summed E-state index contributed by atoms with van der Waals surface area (Å²) in [5.74, 6) is -0.150. The zero-order valence-corrected chi connectivity index (χ0v) is 7.86. The SMILES string of the molecule is Fc1cccc(CPBr)c1. The van der Waals surface area contributed by atoms with Gasteiger partial charge in [0.15, 0.2) is 0 Å². The largest absolute Gasteiger partial charge is 0.207 e. The average Bonchev–Trinajstić information content (AvgIpc) is 1.88. The normalized spacial score (nSPS) is 11.0. The Morgan fingerprint density at radius 2 is 2.30 bits per heavy atom. The molecule has 1 atom stereocenters. The summed E-state index contributed by atoms with van der Waals surface area (Å²) in [6, 6.07) is 6.68. The van der Waals surface area contributed by atoms with Gasteiger partial charge in [0.1, 0.15) is 5.82 Å². The Morgan fingerprint density at radius 1 is 1.50 bits per heavy atom. The summed E-state index contributed by atoms with van der Waals surface area (Å²) >= 11 is 3.32. The third-order valence-electron chi connectivity index (χ3n) is 1.16. The van der Waals surface area contributed by atoms with E-state index in [4.69, 9.17) is 0 Å². The minimum atomic E-state index is -0.150. The molecule has 0 aliphatic rings. The fraction of sp³-hybridized carbons (Fsp3) is 0.143. The van der Waals surface area contributed by atoms with Crippen molar-refractivity contribution in [2.24, 2.45) is 0 Å². The van der Waals surface area contributed by atoms with E-state index in [1.807, 2.05) is 6.07 Å². The zero-order valence-electron chi connectivity index (χ0n) is 5.27. The lowest BCUT2D eigenvalue weighted by atomic mass is 10.2. The molecule has 0 bridgehead atoms. The minimum Gasteiger partial charge on any atom is -0.207 e. The van der Waals surface area contributed by atoms with Crippen molar-refractivity contribution < 1.29 is 4.39 Å². The van der Waals surface area contributed by atoms with Crippen molar-refractivity contribution in [3.05, 3.63) is 35.6 Å². The van der Waals surface area contributed by atoms with E-state index >= 15 is 0 Å². The first-order valence-corrected chi connectivity index (χ1v) is 6.37. The van der Waals surface area contributed by atoms with Crippen molar-refractivity contribution in [1.82, 2.24) is 0 Å². The van der Waals surface area contributed by atoms with Gasteiger partial charge in [0, 0.05) is 0 Å². The molecule has 1 aromatic carbocycles. The Kier molecular flexibility index (Phi) is 3.30. The van der Waals surface area contributed by atoms with Gasteiger partial charge in [-0.25, -0.2) is 4.39 Å². The average molecular weight is 221 g/mol.